The minimum atomic E-state index is -2.22. The third-order valence-electron chi connectivity index (χ3n) is 3.46. The van der Waals surface area contributed by atoms with Crippen molar-refractivity contribution in [3.8, 4) is 0 Å². The number of ether oxygens (including phenoxy) is 2. The third-order valence-corrected chi connectivity index (χ3v) is 3.46. The number of allylic oxidation sites excluding steroid dienone is 2. The summed E-state index contributed by atoms with van der Waals surface area (Å²) < 4.78 is 9.41. The van der Waals surface area contributed by atoms with E-state index in [9.17, 15) is 9.59 Å². The van der Waals surface area contributed by atoms with Crippen LogP contribution in [0.5, 0.6) is 0 Å². The lowest BCUT2D eigenvalue weighted by molar-refractivity contribution is -0.170. The molecular formula is C20H40O8. The molecule has 0 aliphatic carbocycles. The monoisotopic (exact) mass is 408 g/mol. The molecule has 2 unspecified atom stereocenters. The Kier molecular flexibility index (Phi) is 21.0. The average Bonchev–Trinajstić information content (AvgIpc) is 2.63. The molecule has 0 rings (SSSR count). The maximum atomic E-state index is 10.6. The highest BCUT2D eigenvalue weighted by Crippen LogP contribution is 2.09. The molecule has 0 heterocycles. The number of aliphatic hydroxyl groups excluding tert-OH is 3. The van der Waals surface area contributed by atoms with Crippen LogP contribution < -0.4 is 0 Å². The molecule has 0 saturated heterocycles. The molecule has 0 aromatic rings. The Morgan fingerprint density at radius 2 is 1.25 bits per heavy atom. The number of carbonyl (C=O) groups is 2. The summed E-state index contributed by atoms with van der Waals surface area (Å²) in [5, 5.41) is 33.8. The van der Waals surface area contributed by atoms with Crippen LogP contribution in [-0.4, -0.2) is 70.0 Å². The summed E-state index contributed by atoms with van der Waals surface area (Å²) in [6.45, 7) is 16.2. The second kappa shape index (κ2) is 18.9. The summed E-state index contributed by atoms with van der Waals surface area (Å²) >= 11 is 0. The molecule has 0 saturated carbocycles. The number of hydrogen-bond acceptors (Lipinski definition) is 7. The molecule has 8 heteroatoms. The van der Waals surface area contributed by atoms with Gasteiger partial charge in [-0.05, 0) is 54.4 Å². The van der Waals surface area contributed by atoms with Crippen LogP contribution in [0.15, 0.2) is 11.1 Å². The Labute approximate surface area is 169 Å². The van der Waals surface area contributed by atoms with Gasteiger partial charge < -0.3 is 29.9 Å². The van der Waals surface area contributed by atoms with Crippen molar-refractivity contribution in [2.24, 2.45) is 0 Å². The molecule has 0 fully saturated rings. The topological polar surface area (TPSA) is 134 Å². The number of aliphatic hydroxyl groups is 3. The molecule has 0 spiro atoms. The molecule has 4 N–H and O–H groups in total. The second-order valence-electron chi connectivity index (χ2n) is 6.62. The highest BCUT2D eigenvalue weighted by atomic mass is 16.6. The third kappa shape index (κ3) is 19.3. The minimum absolute atomic E-state index is 0.359. The Bertz CT molecular complexity index is 425. The predicted octanol–water partition coefficient (Wildman–Crippen LogP) is 2.29. The van der Waals surface area contributed by atoms with Gasteiger partial charge in [-0.2, -0.15) is 0 Å². The SMILES string of the molecule is CC(C)OC(C)C.CC/C(C)=C(\C)CC.O=C(O)C(O)C(O)C(=O)OCCO. The Morgan fingerprint density at radius 1 is 0.857 bits per heavy atom. The summed E-state index contributed by atoms with van der Waals surface area (Å²) in [7, 11) is 0. The lowest BCUT2D eigenvalue weighted by Gasteiger charge is -2.12. The maximum absolute atomic E-state index is 10.6. The lowest BCUT2D eigenvalue weighted by atomic mass is 10.1. The summed E-state index contributed by atoms with van der Waals surface area (Å²) in [5.41, 5.74) is 3.10. The van der Waals surface area contributed by atoms with Crippen molar-refractivity contribution in [2.45, 2.75) is 92.6 Å². The van der Waals surface area contributed by atoms with E-state index in [1.54, 1.807) is 11.1 Å². The molecular weight excluding hydrogens is 368 g/mol. The Balaban J connectivity index is -0.000000359. The van der Waals surface area contributed by atoms with Crippen LogP contribution in [0.3, 0.4) is 0 Å². The van der Waals surface area contributed by atoms with E-state index in [1.165, 1.54) is 12.8 Å². The first-order valence-corrected chi connectivity index (χ1v) is 9.52. The zero-order valence-electron chi connectivity index (χ0n) is 18.6. The van der Waals surface area contributed by atoms with Gasteiger partial charge in [0.2, 0.25) is 0 Å². The first kappa shape index (κ1) is 31.2. The molecule has 2 atom stereocenters. The van der Waals surface area contributed by atoms with E-state index in [0.29, 0.717) is 12.2 Å². The standard InChI is InChI=1S/C8H16.C6H10O7.C6H14O/c1-5-7(3)8(4)6-2;7-1-2-13-6(12)4(9)3(8)5(10)11;1-5(2)7-6(3)4/h5-6H2,1-4H3;3-4,7-9H,1-2H2,(H,10,11);5-6H,1-4H3/b8-7+;;. The quantitative estimate of drug-likeness (QED) is 0.337. The molecule has 168 valence electrons. The van der Waals surface area contributed by atoms with Crippen molar-refractivity contribution in [3.05, 3.63) is 11.1 Å². The zero-order valence-corrected chi connectivity index (χ0v) is 18.6. The van der Waals surface area contributed by atoms with Crippen LogP contribution in [0, 0.1) is 0 Å². The minimum Gasteiger partial charge on any atom is -0.479 e. The smallest absolute Gasteiger partial charge is 0.338 e. The predicted molar refractivity (Wildman–Crippen MR) is 108 cm³/mol. The van der Waals surface area contributed by atoms with Gasteiger partial charge in [-0.3, -0.25) is 0 Å². The van der Waals surface area contributed by atoms with Crippen LogP contribution in [0.2, 0.25) is 0 Å². The van der Waals surface area contributed by atoms with Crippen LogP contribution in [-0.2, 0) is 19.1 Å². The number of rotatable bonds is 9. The molecule has 0 aliphatic rings. The van der Waals surface area contributed by atoms with Crippen molar-refractivity contribution in [2.75, 3.05) is 13.2 Å². The first-order valence-electron chi connectivity index (χ1n) is 9.52. The lowest BCUT2D eigenvalue weighted by Crippen LogP contribution is -2.40. The van der Waals surface area contributed by atoms with Crippen LogP contribution in [0.4, 0.5) is 0 Å². The van der Waals surface area contributed by atoms with E-state index in [0.717, 1.165) is 0 Å². The number of hydrogen-bond donors (Lipinski definition) is 4. The summed E-state index contributed by atoms with van der Waals surface area (Å²) in [6, 6.07) is 0. The first-order chi connectivity index (χ1) is 12.8. The number of carboxylic acids is 1. The zero-order chi connectivity index (χ0) is 22.9. The van der Waals surface area contributed by atoms with Gasteiger partial charge in [-0.25, -0.2) is 9.59 Å². The van der Waals surface area contributed by atoms with Crippen LogP contribution in [0.1, 0.15) is 68.2 Å². The van der Waals surface area contributed by atoms with Crippen LogP contribution in [0.25, 0.3) is 0 Å². The molecule has 28 heavy (non-hydrogen) atoms. The van der Waals surface area contributed by atoms with Crippen molar-refractivity contribution < 1.29 is 39.5 Å². The van der Waals surface area contributed by atoms with E-state index >= 15 is 0 Å². The fourth-order valence-corrected chi connectivity index (χ4v) is 1.64. The van der Waals surface area contributed by atoms with Gasteiger partial charge >= 0.3 is 11.9 Å². The summed E-state index contributed by atoms with van der Waals surface area (Å²) in [6.07, 6.45) is -1.19. The van der Waals surface area contributed by atoms with E-state index in [-0.39, 0.29) is 6.61 Å². The molecule has 0 aromatic heterocycles. The number of carboxylic acid groups (broad SMARTS) is 1. The van der Waals surface area contributed by atoms with Gasteiger partial charge in [0.1, 0.15) is 6.61 Å². The van der Waals surface area contributed by atoms with E-state index < -0.39 is 30.8 Å². The highest BCUT2D eigenvalue weighted by Gasteiger charge is 2.31. The number of carbonyl (C=O) groups excluding carboxylic acids is 1. The van der Waals surface area contributed by atoms with Crippen molar-refractivity contribution >= 4 is 11.9 Å². The van der Waals surface area contributed by atoms with Crippen molar-refractivity contribution in [1.82, 2.24) is 0 Å². The second-order valence-corrected chi connectivity index (χ2v) is 6.62. The van der Waals surface area contributed by atoms with Crippen molar-refractivity contribution in [1.29, 1.82) is 0 Å². The fraction of sp³-hybridized carbons (Fsp3) is 0.800. The molecule has 0 amide bonds. The van der Waals surface area contributed by atoms with Gasteiger partial charge in [0, 0.05) is 0 Å². The normalized spacial score (nSPS) is 13.5. The molecule has 0 bridgehead atoms. The molecule has 0 aliphatic heterocycles. The van der Waals surface area contributed by atoms with E-state index in [2.05, 4.69) is 32.4 Å². The molecule has 0 aromatic carbocycles. The summed E-state index contributed by atoms with van der Waals surface area (Å²) in [5.74, 6) is -3.02. The molecule has 8 nitrogen and oxygen atoms in total. The number of esters is 1. The molecule has 0 radical (unpaired) electrons. The maximum Gasteiger partial charge on any atom is 0.338 e. The highest BCUT2D eigenvalue weighted by molar-refractivity contribution is 5.84. The Morgan fingerprint density at radius 3 is 1.46 bits per heavy atom. The number of aliphatic carboxylic acids is 1. The fourth-order valence-electron chi connectivity index (χ4n) is 1.64. The average molecular weight is 409 g/mol. The van der Waals surface area contributed by atoms with Crippen molar-refractivity contribution in [3.63, 3.8) is 0 Å². The Hall–Kier alpha value is -1.48. The van der Waals surface area contributed by atoms with Gasteiger partial charge in [0.25, 0.3) is 0 Å². The van der Waals surface area contributed by atoms with Gasteiger partial charge in [-0.15, -0.1) is 0 Å². The van der Waals surface area contributed by atoms with Gasteiger partial charge in [0.15, 0.2) is 12.2 Å². The van der Waals surface area contributed by atoms with Gasteiger partial charge in [0.05, 0.1) is 18.8 Å². The largest absolute Gasteiger partial charge is 0.479 e. The van der Waals surface area contributed by atoms with E-state index in [4.69, 9.17) is 25.2 Å². The van der Waals surface area contributed by atoms with Crippen LogP contribution >= 0.6 is 0 Å². The summed E-state index contributed by atoms with van der Waals surface area (Å²) in [4.78, 5) is 20.7. The van der Waals surface area contributed by atoms with Gasteiger partial charge in [-0.1, -0.05) is 25.0 Å². The van der Waals surface area contributed by atoms with E-state index in [1.807, 2.05) is 27.7 Å².